The zero-order valence-electron chi connectivity index (χ0n) is 21.1. The summed E-state index contributed by atoms with van der Waals surface area (Å²) < 4.78 is 1.68. The Kier molecular flexibility index (Phi) is 8.00. The van der Waals surface area contributed by atoms with Gasteiger partial charge in [0.05, 0.1) is 0 Å². The van der Waals surface area contributed by atoms with E-state index in [1.807, 2.05) is 6.07 Å². The van der Waals surface area contributed by atoms with Crippen molar-refractivity contribution in [2.75, 3.05) is 24.3 Å². The Hall–Kier alpha value is -3.63. The lowest BCUT2D eigenvalue weighted by molar-refractivity contribution is -0.698. The summed E-state index contributed by atoms with van der Waals surface area (Å²) in [6.45, 7) is -0.217. The molecule has 4 N–H and O–H groups in total. The molecule has 2 amide bonds. The Morgan fingerprint density at radius 2 is 2.20 bits per heavy atom. The number of carboxylic acids is 2. The molecule has 0 unspecified atom stereocenters. The number of nitrogen functional groups attached to an aromatic ring is 1. The zero-order valence-corrected chi connectivity index (χ0v) is 23.6. The van der Waals surface area contributed by atoms with Gasteiger partial charge >= 0.3 is 5.97 Å². The summed E-state index contributed by atoms with van der Waals surface area (Å²) in [7, 11) is 1.27. The maximum absolute atomic E-state index is 13.1. The third-order valence-corrected chi connectivity index (χ3v) is 9.84. The lowest BCUT2D eigenvalue weighted by Crippen LogP contribution is -2.71. The first-order valence-corrected chi connectivity index (χ1v) is 15.0. The second-order valence-electron chi connectivity index (χ2n) is 9.06. The molecular weight excluding hydrogens is 581 g/mol. The maximum atomic E-state index is 13.1. The predicted molar refractivity (Wildman–Crippen MR) is 144 cm³/mol. The lowest BCUT2D eigenvalue weighted by atomic mass is 10.0. The van der Waals surface area contributed by atoms with E-state index >= 15 is 0 Å². The van der Waals surface area contributed by atoms with Crippen LogP contribution in [0.3, 0.4) is 0 Å². The number of oxime groups is 1. The van der Waals surface area contributed by atoms with Crippen LogP contribution >= 0.6 is 34.9 Å². The van der Waals surface area contributed by atoms with Crippen LogP contribution in [0.1, 0.15) is 23.4 Å². The van der Waals surface area contributed by atoms with Crippen LogP contribution in [0.25, 0.3) is 0 Å². The number of nitrogens with zero attached hydrogens (tertiary/aromatic N) is 4. The highest BCUT2D eigenvalue weighted by Gasteiger charge is 2.54. The monoisotopic (exact) mass is 604 g/mol. The second kappa shape index (κ2) is 11.5. The van der Waals surface area contributed by atoms with Crippen molar-refractivity contribution >= 4 is 69.5 Å². The van der Waals surface area contributed by atoms with E-state index in [1.54, 1.807) is 10.8 Å². The average molecular weight is 605 g/mol. The summed E-state index contributed by atoms with van der Waals surface area (Å²) in [5, 5.41) is 28.7. The molecule has 2 atom stereocenters. The quantitative estimate of drug-likeness (QED) is 0.100. The van der Waals surface area contributed by atoms with Gasteiger partial charge in [0.1, 0.15) is 35.9 Å². The minimum atomic E-state index is -1.22. The predicted octanol–water partition coefficient (Wildman–Crippen LogP) is -0.867. The van der Waals surface area contributed by atoms with Crippen molar-refractivity contribution in [3.8, 4) is 0 Å². The number of anilines is 1. The SMILES string of the molecule is CO/N=C(/C(=O)N[C@H]1C(=O)N2C(C(=O)O)=C(CSc3cc[n+](CC(=O)[O-])c4c3CCC4)CS[C@@H]12)c1csc(N)n1. The highest BCUT2D eigenvalue weighted by Crippen LogP contribution is 2.42. The summed E-state index contributed by atoms with van der Waals surface area (Å²) in [5.41, 5.74) is 8.23. The van der Waals surface area contributed by atoms with Gasteiger partial charge in [0.2, 0.25) is 0 Å². The third-order valence-electron chi connectivity index (χ3n) is 6.64. The van der Waals surface area contributed by atoms with Crippen molar-refractivity contribution in [1.29, 1.82) is 0 Å². The number of β-lactam (4-membered cyclic amide) rings is 1. The molecule has 0 aromatic carbocycles. The summed E-state index contributed by atoms with van der Waals surface area (Å²) in [6, 6.07) is 0.892. The number of hydrogen-bond donors (Lipinski definition) is 3. The normalized spacial score (nSPS) is 20.1. The molecular formula is C24H24N6O7S3. The number of aliphatic carboxylic acids is 2. The van der Waals surface area contributed by atoms with Gasteiger partial charge in [-0.05, 0) is 18.4 Å². The van der Waals surface area contributed by atoms with Crippen LogP contribution in [0.5, 0.6) is 0 Å². The number of thioether (sulfide) groups is 2. The molecule has 1 saturated heterocycles. The van der Waals surface area contributed by atoms with E-state index < -0.39 is 35.2 Å². The van der Waals surface area contributed by atoms with Crippen molar-refractivity contribution in [3.63, 3.8) is 0 Å². The highest BCUT2D eigenvalue weighted by atomic mass is 32.2. The van der Waals surface area contributed by atoms with Gasteiger partial charge < -0.3 is 30.9 Å². The Morgan fingerprint density at radius 1 is 1.40 bits per heavy atom. The van der Waals surface area contributed by atoms with Crippen LogP contribution in [0, 0.1) is 0 Å². The van der Waals surface area contributed by atoms with Crippen molar-refractivity contribution in [3.05, 3.63) is 45.9 Å². The first kappa shape index (κ1) is 27.9. The van der Waals surface area contributed by atoms with E-state index in [-0.39, 0.29) is 28.8 Å². The van der Waals surface area contributed by atoms with Gasteiger partial charge in [0.15, 0.2) is 29.3 Å². The fraction of sp³-hybridized carbons (Fsp3) is 0.375. The van der Waals surface area contributed by atoms with Gasteiger partial charge in [-0.25, -0.2) is 9.78 Å². The summed E-state index contributed by atoms with van der Waals surface area (Å²) in [5.74, 6) is -2.91. The van der Waals surface area contributed by atoms with Crippen molar-refractivity contribution < 1.29 is 38.8 Å². The Morgan fingerprint density at radius 3 is 2.88 bits per heavy atom. The van der Waals surface area contributed by atoms with E-state index in [2.05, 4.69) is 15.5 Å². The largest absolute Gasteiger partial charge is 0.544 e. The van der Waals surface area contributed by atoms with Gasteiger partial charge in [0, 0.05) is 39.8 Å². The average Bonchev–Trinajstić information content (AvgIpc) is 3.58. The zero-order chi connectivity index (χ0) is 28.6. The highest BCUT2D eigenvalue weighted by molar-refractivity contribution is 8.01. The smallest absolute Gasteiger partial charge is 0.352 e. The number of aromatic nitrogens is 2. The number of nitrogens with one attached hydrogen (secondary N) is 1. The van der Waals surface area contributed by atoms with Crippen LogP contribution in [0.4, 0.5) is 5.13 Å². The number of carbonyl (C=O) groups excluding carboxylic acids is 3. The molecule has 5 rings (SSSR count). The summed E-state index contributed by atoms with van der Waals surface area (Å²) in [6.07, 6.45) is 4.19. The minimum absolute atomic E-state index is 0.0793. The molecule has 1 aliphatic carbocycles. The molecule has 40 heavy (non-hydrogen) atoms. The summed E-state index contributed by atoms with van der Waals surface area (Å²) in [4.78, 5) is 60.4. The summed E-state index contributed by atoms with van der Waals surface area (Å²) >= 11 is 3.95. The number of carboxylic acid groups (broad SMARTS) is 2. The van der Waals surface area contributed by atoms with E-state index in [4.69, 9.17) is 10.6 Å². The number of amides is 2. The van der Waals surface area contributed by atoms with Crippen LogP contribution in [-0.4, -0.2) is 74.5 Å². The minimum Gasteiger partial charge on any atom is -0.544 e. The van der Waals surface area contributed by atoms with Gasteiger partial charge in [-0.2, -0.15) is 4.57 Å². The molecule has 1 fully saturated rings. The number of pyridine rings is 1. The van der Waals surface area contributed by atoms with Gasteiger partial charge in [-0.3, -0.25) is 14.5 Å². The van der Waals surface area contributed by atoms with Crippen LogP contribution in [0.2, 0.25) is 0 Å². The molecule has 3 aliphatic rings. The molecule has 210 valence electrons. The third kappa shape index (κ3) is 5.25. The van der Waals surface area contributed by atoms with Crippen LogP contribution in [-0.2, 0) is 43.4 Å². The number of thiazole rings is 1. The molecule has 13 nitrogen and oxygen atoms in total. The molecule has 0 radical (unpaired) electrons. The second-order valence-corrected chi connectivity index (χ2v) is 12.1. The van der Waals surface area contributed by atoms with E-state index in [0.29, 0.717) is 17.1 Å². The number of nitrogens with two attached hydrogens (primary N) is 1. The van der Waals surface area contributed by atoms with Crippen LogP contribution in [0.15, 0.2) is 39.0 Å². The molecule has 0 spiro atoms. The van der Waals surface area contributed by atoms with Crippen molar-refractivity contribution in [1.82, 2.24) is 15.2 Å². The Bertz CT molecular complexity index is 1470. The topological polar surface area (TPSA) is 191 Å². The Balaban J connectivity index is 1.31. The number of carbonyl (C=O) groups is 4. The number of fused-ring (bicyclic) bond motifs is 2. The van der Waals surface area contributed by atoms with Gasteiger partial charge in [0.25, 0.3) is 11.8 Å². The number of rotatable bonds is 10. The van der Waals surface area contributed by atoms with Crippen molar-refractivity contribution in [2.45, 2.75) is 42.1 Å². The van der Waals surface area contributed by atoms with E-state index in [1.165, 1.54) is 40.9 Å². The van der Waals surface area contributed by atoms with Gasteiger partial charge in [-0.15, -0.1) is 34.9 Å². The van der Waals surface area contributed by atoms with Gasteiger partial charge in [-0.1, -0.05) is 5.16 Å². The number of hydrogen-bond acceptors (Lipinski definition) is 12. The van der Waals surface area contributed by atoms with Crippen LogP contribution < -0.4 is 20.7 Å². The molecule has 0 saturated carbocycles. The fourth-order valence-corrected chi connectivity index (χ4v) is 8.08. The molecule has 0 bridgehead atoms. The lowest BCUT2D eigenvalue weighted by Gasteiger charge is -2.49. The molecule has 16 heteroatoms. The van der Waals surface area contributed by atoms with E-state index in [0.717, 1.165) is 46.8 Å². The molecule has 2 aliphatic heterocycles. The standard InChI is InChI=1S/C24H24N6O7S3/c1-37-28-17(13-10-40-24(25)26-13)20(33)27-18-21(34)30-19(23(35)36)11(9-39-22(18)30)8-38-15-5-6-29(7-16(31)32)14-4-2-3-12(14)15/h5-6,10,18,22H,2-4,7-9H2,1H3,(H4-,25,26,27,31,32,33,35,36)/b28-17+/t18-,22-/m0/s1. The first-order chi connectivity index (χ1) is 19.2. The maximum Gasteiger partial charge on any atom is 0.352 e. The molecule has 2 aromatic heterocycles. The Labute approximate surface area is 240 Å². The molecule has 4 heterocycles. The fourth-order valence-electron chi connectivity index (χ4n) is 4.94. The molecule has 2 aromatic rings. The van der Waals surface area contributed by atoms with Crippen molar-refractivity contribution in [2.24, 2.45) is 5.16 Å². The first-order valence-electron chi connectivity index (χ1n) is 12.1. The van der Waals surface area contributed by atoms with E-state index in [9.17, 15) is 29.4 Å².